The summed E-state index contributed by atoms with van der Waals surface area (Å²) in [6.45, 7) is 4.16. The molecular weight excluding hydrogens is 370 g/mol. The topological polar surface area (TPSA) is 71.5 Å². The smallest absolute Gasteiger partial charge is 0.348 e. The molecule has 0 aliphatic heterocycles. The van der Waals surface area contributed by atoms with Crippen LogP contribution in [-0.4, -0.2) is 43.6 Å². The Morgan fingerprint density at radius 1 is 1.31 bits per heavy atom. The lowest BCUT2D eigenvalue weighted by molar-refractivity contribution is -0.125. The van der Waals surface area contributed by atoms with E-state index in [0.29, 0.717) is 16.7 Å². The monoisotopic (exact) mass is 395 g/mol. The largest absolute Gasteiger partial charge is 0.451 e. The van der Waals surface area contributed by atoms with Crippen molar-refractivity contribution in [2.45, 2.75) is 39.2 Å². The summed E-state index contributed by atoms with van der Waals surface area (Å²) >= 11 is 2.83. The highest BCUT2D eigenvalue weighted by atomic mass is 32.1. The van der Waals surface area contributed by atoms with Crippen molar-refractivity contribution in [3.8, 4) is 0 Å². The molecule has 1 amide bonds. The molecule has 142 valence electrons. The van der Waals surface area contributed by atoms with Gasteiger partial charge in [-0.1, -0.05) is 38.0 Å². The minimum Gasteiger partial charge on any atom is -0.451 e. The predicted octanol–water partition coefficient (Wildman–Crippen LogP) is 3.52. The zero-order valence-electron chi connectivity index (χ0n) is 15.6. The van der Waals surface area contributed by atoms with Gasteiger partial charge >= 0.3 is 5.97 Å². The van der Waals surface area contributed by atoms with E-state index < -0.39 is 5.97 Å². The van der Waals surface area contributed by atoms with Gasteiger partial charge in [-0.15, -0.1) is 11.3 Å². The number of aromatic nitrogens is 1. The number of hydrogen-bond donors (Lipinski definition) is 1. The van der Waals surface area contributed by atoms with Crippen molar-refractivity contribution >= 4 is 49.2 Å². The summed E-state index contributed by atoms with van der Waals surface area (Å²) in [7, 11) is 3.87. The zero-order chi connectivity index (χ0) is 18.8. The van der Waals surface area contributed by atoms with Gasteiger partial charge in [-0.2, -0.15) is 0 Å². The van der Waals surface area contributed by atoms with Crippen LogP contribution in [-0.2, 0) is 9.53 Å². The van der Waals surface area contributed by atoms with Gasteiger partial charge in [0.05, 0.1) is 4.70 Å². The Hall–Kier alpha value is -1.67. The van der Waals surface area contributed by atoms with Crippen LogP contribution in [0.15, 0.2) is 6.07 Å². The van der Waals surface area contributed by atoms with Gasteiger partial charge in [0.25, 0.3) is 5.91 Å². The molecule has 2 aromatic rings. The van der Waals surface area contributed by atoms with E-state index in [9.17, 15) is 9.59 Å². The molecule has 1 N–H and O–H groups in total. The number of nitrogens with one attached hydrogen (secondary N) is 1. The van der Waals surface area contributed by atoms with E-state index in [1.807, 2.05) is 19.0 Å². The van der Waals surface area contributed by atoms with E-state index in [2.05, 4.69) is 24.1 Å². The van der Waals surface area contributed by atoms with Crippen LogP contribution in [0, 0.1) is 11.8 Å². The molecule has 2 aromatic heterocycles. The number of carbonyl (C=O) groups is 2. The fourth-order valence-corrected chi connectivity index (χ4v) is 5.28. The zero-order valence-corrected chi connectivity index (χ0v) is 17.2. The molecule has 6 nitrogen and oxygen atoms in total. The third-order valence-corrected chi connectivity index (χ3v) is 7.36. The van der Waals surface area contributed by atoms with Crippen LogP contribution in [0.1, 0.15) is 42.8 Å². The van der Waals surface area contributed by atoms with Gasteiger partial charge in [0, 0.05) is 20.1 Å². The number of fused-ring (bicyclic) bond motifs is 1. The third kappa shape index (κ3) is 4.17. The summed E-state index contributed by atoms with van der Waals surface area (Å²) in [5.41, 5.74) is 0. The molecule has 1 saturated carbocycles. The van der Waals surface area contributed by atoms with Crippen molar-refractivity contribution in [2.24, 2.45) is 11.8 Å². The number of nitrogens with zero attached hydrogens (tertiary/aromatic N) is 2. The molecule has 0 aromatic carbocycles. The van der Waals surface area contributed by atoms with Gasteiger partial charge in [-0.3, -0.25) is 4.79 Å². The van der Waals surface area contributed by atoms with E-state index in [-0.39, 0.29) is 18.6 Å². The van der Waals surface area contributed by atoms with Crippen molar-refractivity contribution in [3.05, 3.63) is 10.9 Å². The Morgan fingerprint density at radius 3 is 2.77 bits per heavy atom. The van der Waals surface area contributed by atoms with Gasteiger partial charge in [-0.25, -0.2) is 9.78 Å². The summed E-state index contributed by atoms with van der Waals surface area (Å²) in [5.74, 6) is 0.363. The molecule has 0 unspecified atom stereocenters. The number of anilines is 1. The Bertz CT molecular complexity index is 767. The fourth-order valence-electron chi connectivity index (χ4n) is 3.25. The van der Waals surface area contributed by atoms with Crippen LogP contribution < -0.4 is 10.2 Å². The summed E-state index contributed by atoms with van der Waals surface area (Å²) in [6.07, 6.45) is 3.33. The normalized spacial score (nSPS) is 23.0. The molecule has 8 heteroatoms. The number of carbonyl (C=O) groups excluding carboxylic acids is 2. The predicted molar refractivity (Wildman–Crippen MR) is 106 cm³/mol. The van der Waals surface area contributed by atoms with Crippen molar-refractivity contribution in [1.82, 2.24) is 10.3 Å². The van der Waals surface area contributed by atoms with Crippen molar-refractivity contribution < 1.29 is 14.3 Å². The quantitative estimate of drug-likeness (QED) is 0.784. The molecule has 1 fully saturated rings. The molecule has 1 aliphatic rings. The molecular formula is C18H25N3O3S2. The summed E-state index contributed by atoms with van der Waals surface area (Å²) in [4.78, 5) is 32.1. The Balaban J connectivity index is 1.53. The highest BCUT2D eigenvalue weighted by molar-refractivity contribution is 7.29. The first kappa shape index (κ1) is 19.1. The fraction of sp³-hybridized carbons (Fsp3) is 0.611. The number of rotatable bonds is 5. The van der Waals surface area contributed by atoms with Crippen LogP contribution in [0.4, 0.5) is 5.13 Å². The number of ether oxygens (including phenoxy) is 1. The van der Waals surface area contributed by atoms with Gasteiger partial charge in [0.2, 0.25) is 0 Å². The molecule has 0 saturated heterocycles. The van der Waals surface area contributed by atoms with Crippen molar-refractivity contribution in [1.29, 1.82) is 0 Å². The lowest BCUT2D eigenvalue weighted by Gasteiger charge is -2.34. The maximum absolute atomic E-state index is 12.2. The standard InChI is InChI=1S/C18H25N3O3S2/c1-10-6-5-7-12(11(10)2)19-15(22)9-24-17(23)14-8-13-16(25-14)20-18(26-13)21(3)4/h8,10-12H,5-7,9H2,1-4H3,(H,19,22)/t10-,11-,12-/m1/s1. The molecule has 3 atom stereocenters. The lowest BCUT2D eigenvalue weighted by atomic mass is 9.78. The highest BCUT2D eigenvalue weighted by Gasteiger charge is 2.28. The highest BCUT2D eigenvalue weighted by Crippen LogP contribution is 2.34. The number of esters is 1. The van der Waals surface area contributed by atoms with E-state index in [1.54, 1.807) is 6.07 Å². The van der Waals surface area contributed by atoms with Crippen molar-refractivity contribution in [2.75, 3.05) is 25.6 Å². The first-order valence-corrected chi connectivity index (χ1v) is 10.5. The van der Waals surface area contributed by atoms with Crippen LogP contribution in [0.25, 0.3) is 9.53 Å². The average molecular weight is 396 g/mol. The Labute approximate surface area is 161 Å². The number of thiophene rings is 1. The van der Waals surface area contributed by atoms with Crippen LogP contribution in [0.3, 0.4) is 0 Å². The number of thiazole rings is 1. The summed E-state index contributed by atoms with van der Waals surface area (Å²) < 4.78 is 6.15. The molecule has 1 aliphatic carbocycles. The van der Waals surface area contributed by atoms with Crippen LogP contribution >= 0.6 is 22.7 Å². The van der Waals surface area contributed by atoms with Crippen molar-refractivity contribution in [3.63, 3.8) is 0 Å². The second-order valence-corrected chi connectivity index (χ2v) is 9.23. The molecule has 26 heavy (non-hydrogen) atoms. The van der Waals surface area contributed by atoms with Gasteiger partial charge < -0.3 is 15.0 Å². The van der Waals surface area contributed by atoms with Gasteiger partial charge in [0.1, 0.15) is 9.71 Å². The minimum absolute atomic E-state index is 0.172. The number of hydrogen-bond acceptors (Lipinski definition) is 7. The lowest BCUT2D eigenvalue weighted by Crippen LogP contribution is -2.45. The first-order valence-electron chi connectivity index (χ1n) is 8.89. The van der Waals surface area contributed by atoms with Gasteiger partial charge in [-0.05, 0) is 24.3 Å². The van der Waals surface area contributed by atoms with Crippen LogP contribution in [0.5, 0.6) is 0 Å². The molecule has 3 rings (SSSR count). The molecule has 0 radical (unpaired) electrons. The second kappa shape index (κ2) is 7.92. The Kier molecular flexibility index (Phi) is 5.82. The van der Waals surface area contributed by atoms with E-state index in [4.69, 9.17) is 4.74 Å². The number of amides is 1. The van der Waals surface area contributed by atoms with E-state index >= 15 is 0 Å². The van der Waals surface area contributed by atoms with Crippen LogP contribution in [0.2, 0.25) is 0 Å². The summed E-state index contributed by atoms with van der Waals surface area (Å²) in [5, 5.41) is 3.92. The summed E-state index contributed by atoms with van der Waals surface area (Å²) in [6, 6.07) is 1.96. The molecule has 0 spiro atoms. The minimum atomic E-state index is -0.466. The SMILES string of the molecule is C[C@@H]1[C@H](C)CCC[C@H]1NC(=O)COC(=O)c1cc2sc(N(C)C)nc2s1. The Morgan fingerprint density at radius 2 is 2.08 bits per heavy atom. The average Bonchev–Trinajstić information content (AvgIpc) is 3.16. The molecule has 0 bridgehead atoms. The maximum Gasteiger partial charge on any atom is 0.348 e. The first-order chi connectivity index (χ1) is 12.3. The molecule has 2 heterocycles. The third-order valence-electron chi connectivity index (χ3n) is 5.05. The van der Waals surface area contributed by atoms with Gasteiger partial charge in [0.15, 0.2) is 11.7 Å². The maximum atomic E-state index is 12.2. The van der Waals surface area contributed by atoms with E-state index in [1.165, 1.54) is 29.1 Å². The van der Waals surface area contributed by atoms with E-state index in [0.717, 1.165) is 27.5 Å². The second-order valence-electron chi connectivity index (χ2n) is 7.19.